The number of carboxylic acids is 1. The normalized spacial score (nSPS) is 12.0. The third-order valence-corrected chi connectivity index (χ3v) is 2.40. The standard InChI is InChI=1S/C13H14F3NO2/c1-17-5-3-2-4-9-6-10(12(18)19)8-11(7-9)13(14,15)16/h2,4,6-8,17H,3,5H2,1H3,(H,18,19). The van der Waals surface area contributed by atoms with E-state index in [9.17, 15) is 18.0 Å². The summed E-state index contributed by atoms with van der Waals surface area (Å²) in [6, 6.07) is 2.78. The van der Waals surface area contributed by atoms with Crippen molar-refractivity contribution in [3.8, 4) is 0 Å². The highest BCUT2D eigenvalue weighted by atomic mass is 19.4. The maximum Gasteiger partial charge on any atom is 0.416 e. The van der Waals surface area contributed by atoms with E-state index in [0.29, 0.717) is 19.0 Å². The van der Waals surface area contributed by atoms with Crippen LogP contribution < -0.4 is 5.32 Å². The molecule has 104 valence electrons. The minimum atomic E-state index is -4.56. The van der Waals surface area contributed by atoms with Crippen molar-refractivity contribution in [1.29, 1.82) is 0 Å². The van der Waals surface area contributed by atoms with Crippen LogP contribution in [0.3, 0.4) is 0 Å². The molecule has 1 aromatic carbocycles. The van der Waals surface area contributed by atoms with Crippen molar-refractivity contribution in [2.45, 2.75) is 12.6 Å². The summed E-state index contributed by atoms with van der Waals surface area (Å²) in [5.74, 6) is -1.38. The van der Waals surface area contributed by atoms with E-state index in [1.165, 1.54) is 12.1 Å². The first-order valence-corrected chi connectivity index (χ1v) is 5.61. The number of carboxylic acid groups (broad SMARTS) is 1. The Morgan fingerprint density at radius 1 is 1.37 bits per heavy atom. The first-order chi connectivity index (χ1) is 8.84. The summed E-state index contributed by atoms with van der Waals surface area (Å²) in [5.41, 5.74) is -1.10. The van der Waals surface area contributed by atoms with E-state index >= 15 is 0 Å². The van der Waals surface area contributed by atoms with Crippen LogP contribution in [-0.4, -0.2) is 24.7 Å². The third-order valence-electron chi connectivity index (χ3n) is 2.40. The van der Waals surface area contributed by atoms with Gasteiger partial charge in [0.05, 0.1) is 11.1 Å². The summed E-state index contributed by atoms with van der Waals surface area (Å²) in [6.45, 7) is 0.696. The van der Waals surface area contributed by atoms with Crippen LogP contribution in [0.15, 0.2) is 24.3 Å². The molecule has 0 bridgehead atoms. The van der Waals surface area contributed by atoms with Crippen LogP contribution in [0.4, 0.5) is 13.2 Å². The zero-order valence-corrected chi connectivity index (χ0v) is 10.3. The lowest BCUT2D eigenvalue weighted by atomic mass is 10.0. The molecule has 0 heterocycles. The summed E-state index contributed by atoms with van der Waals surface area (Å²) in [4.78, 5) is 10.8. The van der Waals surface area contributed by atoms with E-state index in [4.69, 9.17) is 5.11 Å². The number of rotatable bonds is 5. The molecule has 0 aliphatic rings. The van der Waals surface area contributed by atoms with Crippen molar-refractivity contribution in [2.75, 3.05) is 13.6 Å². The number of hydrogen-bond donors (Lipinski definition) is 2. The molecule has 2 N–H and O–H groups in total. The van der Waals surface area contributed by atoms with Crippen molar-refractivity contribution in [2.24, 2.45) is 0 Å². The topological polar surface area (TPSA) is 49.3 Å². The number of benzene rings is 1. The lowest BCUT2D eigenvalue weighted by molar-refractivity contribution is -0.137. The summed E-state index contributed by atoms with van der Waals surface area (Å²) in [7, 11) is 1.76. The van der Waals surface area contributed by atoms with E-state index < -0.39 is 17.7 Å². The number of alkyl halides is 3. The maximum atomic E-state index is 12.6. The summed E-state index contributed by atoms with van der Waals surface area (Å²) >= 11 is 0. The quantitative estimate of drug-likeness (QED) is 0.811. The highest BCUT2D eigenvalue weighted by molar-refractivity contribution is 5.88. The molecule has 0 amide bonds. The van der Waals surface area contributed by atoms with Crippen molar-refractivity contribution in [1.82, 2.24) is 5.32 Å². The van der Waals surface area contributed by atoms with Crippen LogP contribution in [-0.2, 0) is 6.18 Å². The number of nitrogens with one attached hydrogen (secondary N) is 1. The molecule has 0 radical (unpaired) electrons. The van der Waals surface area contributed by atoms with Gasteiger partial charge in [0.15, 0.2) is 0 Å². The van der Waals surface area contributed by atoms with E-state index in [-0.39, 0.29) is 11.1 Å². The largest absolute Gasteiger partial charge is 0.478 e. The van der Waals surface area contributed by atoms with Gasteiger partial charge in [-0.1, -0.05) is 12.2 Å². The molecule has 0 saturated carbocycles. The zero-order chi connectivity index (χ0) is 14.5. The predicted octanol–water partition coefficient (Wildman–Crippen LogP) is 3.03. The maximum absolute atomic E-state index is 12.6. The van der Waals surface area contributed by atoms with Crippen LogP contribution in [0.2, 0.25) is 0 Å². The third kappa shape index (κ3) is 4.75. The van der Waals surface area contributed by atoms with Gasteiger partial charge in [0.1, 0.15) is 0 Å². The molecule has 1 aromatic rings. The number of aromatic carboxylic acids is 1. The second-order valence-corrected chi connectivity index (χ2v) is 3.94. The van der Waals surface area contributed by atoms with Gasteiger partial charge in [-0.05, 0) is 43.8 Å². The number of carbonyl (C=O) groups is 1. The fourth-order valence-corrected chi connectivity index (χ4v) is 1.48. The minimum Gasteiger partial charge on any atom is -0.478 e. The van der Waals surface area contributed by atoms with Crippen LogP contribution in [0.5, 0.6) is 0 Å². The van der Waals surface area contributed by atoms with Gasteiger partial charge in [0, 0.05) is 0 Å². The lowest BCUT2D eigenvalue weighted by Crippen LogP contribution is -2.08. The Balaban J connectivity index is 3.07. The van der Waals surface area contributed by atoms with Gasteiger partial charge in [0.25, 0.3) is 0 Å². The molecule has 0 unspecified atom stereocenters. The van der Waals surface area contributed by atoms with Crippen molar-refractivity contribution in [3.05, 3.63) is 41.0 Å². The Labute approximate surface area is 108 Å². The second kappa shape index (κ2) is 6.38. The summed E-state index contributed by atoms with van der Waals surface area (Å²) in [5, 5.41) is 11.7. The molecule has 0 saturated heterocycles. The summed E-state index contributed by atoms with van der Waals surface area (Å²) < 4.78 is 37.9. The van der Waals surface area contributed by atoms with E-state index in [1.807, 2.05) is 0 Å². The van der Waals surface area contributed by atoms with Crippen LogP contribution in [0.1, 0.15) is 27.9 Å². The first kappa shape index (κ1) is 15.2. The Morgan fingerprint density at radius 2 is 2.05 bits per heavy atom. The van der Waals surface area contributed by atoms with Crippen molar-refractivity contribution in [3.63, 3.8) is 0 Å². The fourth-order valence-electron chi connectivity index (χ4n) is 1.48. The molecule has 6 heteroatoms. The van der Waals surface area contributed by atoms with Gasteiger partial charge in [-0.15, -0.1) is 0 Å². The summed E-state index contributed by atoms with van der Waals surface area (Å²) in [6.07, 6.45) is -0.731. The monoisotopic (exact) mass is 273 g/mol. The SMILES string of the molecule is CNCCC=Cc1cc(C(=O)O)cc(C(F)(F)F)c1. The highest BCUT2D eigenvalue weighted by Gasteiger charge is 2.31. The minimum absolute atomic E-state index is 0.225. The second-order valence-electron chi connectivity index (χ2n) is 3.94. The van der Waals surface area contributed by atoms with Crippen LogP contribution in [0, 0.1) is 0 Å². The molecule has 0 aliphatic heterocycles. The average molecular weight is 273 g/mol. The van der Waals surface area contributed by atoms with Gasteiger partial charge in [-0.3, -0.25) is 0 Å². The van der Waals surface area contributed by atoms with Gasteiger partial charge in [-0.2, -0.15) is 13.2 Å². The molecule has 0 aliphatic carbocycles. The van der Waals surface area contributed by atoms with Crippen molar-refractivity contribution >= 4 is 12.0 Å². The predicted molar refractivity (Wildman–Crippen MR) is 66.0 cm³/mol. The smallest absolute Gasteiger partial charge is 0.416 e. The zero-order valence-electron chi connectivity index (χ0n) is 10.3. The molecular formula is C13H14F3NO2. The molecule has 19 heavy (non-hydrogen) atoms. The van der Waals surface area contributed by atoms with E-state index in [0.717, 1.165) is 6.07 Å². The fraction of sp³-hybridized carbons (Fsp3) is 0.308. The molecule has 0 fully saturated rings. The molecule has 0 aromatic heterocycles. The Bertz CT molecular complexity index is 481. The molecule has 3 nitrogen and oxygen atoms in total. The number of halogens is 3. The highest BCUT2D eigenvalue weighted by Crippen LogP contribution is 2.31. The van der Waals surface area contributed by atoms with Gasteiger partial charge in [-0.25, -0.2) is 4.79 Å². The van der Waals surface area contributed by atoms with Crippen LogP contribution >= 0.6 is 0 Å². The number of hydrogen-bond acceptors (Lipinski definition) is 2. The molecule has 0 atom stereocenters. The first-order valence-electron chi connectivity index (χ1n) is 5.61. The molecule has 1 rings (SSSR count). The molecular weight excluding hydrogens is 259 g/mol. The van der Waals surface area contributed by atoms with Crippen LogP contribution in [0.25, 0.3) is 6.08 Å². The van der Waals surface area contributed by atoms with Gasteiger partial charge in [0.2, 0.25) is 0 Å². The van der Waals surface area contributed by atoms with E-state index in [2.05, 4.69) is 5.32 Å². The Hall–Kier alpha value is -1.82. The van der Waals surface area contributed by atoms with E-state index in [1.54, 1.807) is 13.1 Å². The van der Waals surface area contributed by atoms with Gasteiger partial charge >= 0.3 is 12.1 Å². The average Bonchev–Trinajstić information content (AvgIpc) is 2.33. The van der Waals surface area contributed by atoms with Crippen molar-refractivity contribution < 1.29 is 23.1 Å². The van der Waals surface area contributed by atoms with Gasteiger partial charge < -0.3 is 10.4 Å². The molecule has 0 spiro atoms. The Kier molecular flexibility index (Phi) is 5.11. The Morgan fingerprint density at radius 3 is 2.58 bits per heavy atom. The lowest BCUT2D eigenvalue weighted by Gasteiger charge is -2.09.